The number of nitrogens with one attached hydrogen (secondary N) is 2. The Bertz CT molecular complexity index is 1760. The highest BCUT2D eigenvalue weighted by Crippen LogP contribution is 2.37. The summed E-state index contributed by atoms with van der Waals surface area (Å²) in [5, 5.41) is 27.2. The Balaban J connectivity index is 1.21. The van der Waals surface area contributed by atoms with Gasteiger partial charge in [0, 0.05) is 53.5 Å². The van der Waals surface area contributed by atoms with E-state index < -0.39 is 5.97 Å². The minimum absolute atomic E-state index is 0.140. The standard InChI is InChI=1S/C26H20N8O3S/c1-33-12-17(11-30-33)23(35)32-24-19(8-27)18-4-5-34(13-22(18)38-24)26-28-9-16(10-29-26)14-2-3-20-15(6-14)7-21(31-20)25(36)37/h2-3,6-7,9-12,31H,4-5,13H2,1H3,(H,32,35)(H,36,37). The molecule has 0 fully saturated rings. The maximum Gasteiger partial charge on any atom is 0.352 e. The van der Waals surface area contributed by atoms with Gasteiger partial charge in [-0.25, -0.2) is 14.8 Å². The number of anilines is 2. The smallest absolute Gasteiger partial charge is 0.352 e. The van der Waals surface area contributed by atoms with E-state index in [9.17, 15) is 20.0 Å². The molecule has 11 nitrogen and oxygen atoms in total. The maximum absolute atomic E-state index is 12.6. The Morgan fingerprint density at radius 2 is 2.00 bits per heavy atom. The van der Waals surface area contributed by atoms with E-state index in [1.165, 1.54) is 17.5 Å². The summed E-state index contributed by atoms with van der Waals surface area (Å²) < 4.78 is 1.55. The van der Waals surface area contributed by atoms with Gasteiger partial charge in [-0.3, -0.25) is 9.48 Å². The number of hydrogen-bond acceptors (Lipinski definition) is 8. The number of aromatic amines is 1. The zero-order valence-corrected chi connectivity index (χ0v) is 20.9. The third kappa shape index (κ3) is 4.14. The molecule has 1 aliphatic heterocycles. The van der Waals surface area contributed by atoms with Gasteiger partial charge in [-0.1, -0.05) is 6.07 Å². The van der Waals surface area contributed by atoms with Crippen LogP contribution in [0.3, 0.4) is 0 Å². The Labute approximate surface area is 220 Å². The average molecular weight is 525 g/mol. The number of carbonyl (C=O) groups excluding carboxylic acids is 1. The van der Waals surface area contributed by atoms with Crippen LogP contribution in [0.5, 0.6) is 0 Å². The summed E-state index contributed by atoms with van der Waals surface area (Å²) in [6.07, 6.45) is 7.25. The number of amides is 1. The van der Waals surface area contributed by atoms with Crippen LogP contribution in [-0.2, 0) is 20.0 Å². The largest absolute Gasteiger partial charge is 0.477 e. The number of fused-ring (bicyclic) bond motifs is 2. The summed E-state index contributed by atoms with van der Waals surface area (Å²) in [5.74, 6) is -0.736. The third-order valence-electron chi connectivity index (χ3n) is 6.47. The second-order valence-corrected chi connectivity index (χ2v) is 10.0. The molecule has 6 rings (SSSR count). The second kappa shape index (κ2) is 9.13. The molecule has 0 saturated carbocycles. The molecule has 12 heteroatoms. The van der Waals surface area contributed by atoms with Crippen LogP contribution in [0.25, 0.3) is 22.0 Å². The van der Waals surface area contributed by atoms with Crippen molar-refractivity contribution in [2.75, 3.05) is 16.8 Å². The van der Waals surface area contributed by atoms with Crippen molar-refractivity contribution in [2.24, 2.45) is 7.05 Å². The molecule has 0 radical (unpaired) electrons. The lowest BCUT2D eigenvalue weighted by molar-refractivity contribution is 0.0691. The van der Waals surface area contributed by atoms with Crippen molar-refractivity contribution in [3.63, 3.8) is 0 Å². The number of thiophene rings is 1. The lowest BCUT2D eigenvalue weighted by Gasteiger charge is -2.26. The molecule has 0 spiro atoms. The number of carbonyl (C=O) groups is 2. The predicted octanol–water partition coefficient (Wildman–Crippen LogP) is 3.80. The average Bonchev–Trinajstić information content (AvgIpc) is 3.64. The Hall–Kier alpha value is -5.02. The molecular weight excluding hydrogens is 504 g/mol. The Morgan fingerprint density at radius 3 is 2.71 bits per heavy atom. The number of carboxylic acid groups (broad SMARTS) is 1. The molecule has 5 aromatic rings. The number of aryl methyl sites for hydroxylation is 1. The van der Waals surface area contributed by atoms with Gasteiger partial charge in [-0.05, 0) is 35.7 Å². The zero-order valence-electron chi connectivity index (χ0n) is 20.1. The summed E-state index contributed by atoms with van der Waals surface area (Å²) in [4.78, 5) is 38.9. The van der Waals surface area contributed by atoms with Gasteiger partial charge in [0.1, 0.15) is 16.8 Å². The number of aromatic carboxylic acids is 1. The summed E-state index contributed by atoms with van der Waals surface area (Å²) in [6, 6.07) is 9.50. The molecule has 5 heterocycles. The third-order valence-corrected chi connectivity index (χ3v) is 7.60. The van der Waals surface area contributed by atoms with Gasteiger partial charge in [-0.15, -0.1) is 11.3 Å². The molecule has 1 aliphatic rings. The second-order valence-electron chi connectivity index (χ2n) is 8.91. The molecule has 188 valence electrons. The fourth-order valence-corrected chi connectivity index (χ4v) is 5.76. The van der Waals surface area contributed by atoms with Crippen LogP contribution in [0.15, 0.2) is 49.1 Å². The quantitative estimate of drug-likeness (QED) is 0.314. The van der Waals surface area contributed by atoms with Crippen LogP contribution in [0.4, 0.5) is 10.9 Å². The maximum atomic E-state index is 12.6. The summed E-state index contributed by atoms with van der Waals surface area (Å²) >= 11 is 1.40. The van der Waals surface area contributed by atoms with Gasteiger partial charge >= 0.3 is 5.97 Å². The van der Waals surface area contributed by atoms with Gasteiger partial charge < -0.3 is 20.3 Å². The molecule has 0 bridgehead atoms. The minimum atomic E-state index is -1.00. The first-order valence-corrected chi connectivity index (χ1v) is 12.5. The minimum Gasteiger partial charge on any atom is -0.477 e. The van der Waals surface area contributed by atoms with E-state index >= 15 is 0 Å². The van der Waals surface area contributed by atoms with Crippen molar-refractivity contribution < 1.29 is 14.7 Å². The number of benzene rings is 1. The topological polar surface area (TPSA) is 153 Å². The number of hydrogen-bond donors (Lipinski definition) is 3. The first kappa shape index (κ1) is 23.4. The highest BCUT2D eigenvalue weighted by molar-refractivity contribution is 7.16. The van der Waals surface area contributed by atoms with E-state index in [4.69, 9.17) is 0 Å². The highest BCUT2D eigenvalue weighted by Gasteiger charge is 2.27. The van der Waals surface area contributed by atoms with Gasteiger partial charge in [0.05, 0.1) is 23.9 Å². The normalized spacial score (nSPS) is 12.8. The van der Waals surface area contributed by atoms with Crippen molar-refractivity contribution in [3.05, 3.63) is 76.3 Å². The molecule has 0 atom stereocenters. The van der Waals surface area contributed by atoms with Crippen LogP contribution in [-0.4, -0.2) is 48.3 Å². The highest BCUT2D eigenvalue weighted by atomic mass is 32.1. The number of carboxylic acids is 1. The van der Waals surface area contributed by atoms with Crippen LogP contribution in [0.1, 0.15) is 36.9 Å². The van der Waals surface area contributed by atoms with Crippen molar-refractivity contribution >= 4 is 45.1 Å². The van der Waals surface area contributed by atoms with Gasteiger partial charge in [0.25, 0.3) is 5.91 Å². The zero-order chi connectivity index (χ0) is 26.4. The molecule has 1 amide bonds. The molecule has 1 aromatic carbocycles. The van der Waals surface area contributed by atoms with Crippen LogP contribution >= 0.6 is 11.3 Å². The van der Waals surface area contributed by atoms with E-state index in [-0.39, 0.29) is 11.6 Å². The number of aromatic nitrogens is 5. The molecule has 3 N–H and O–H groups in total. The Kier molecular flexibility index (Phi) is 5.62. The van der Waals surface area contributed by atoms with E-state index in [0.29, 0.717) is 41.6 Å². The summed E-state index contributed by atoms with van der Waals surface area (Å²) in [5.41, 5.74) is 4.46. The molecule has 0 unspecified atom stereocenters. The molecular formula is C26H20N8O3S. The van der Waals surface area contributed by atoms with Crippen LogP contribution < -0.4 is 10.2 Å². The molecule has 0 saturated heterocycles. The lowest BCUT2D eigenvalue weighted by atomic mass is 10.0. The number of nitrogens with zero attached hydrogens (tertiary/aromatic N) is 6. The number of H-pyrrole nitrogens is 1. The van der Waals surface area contributed by atoms with E-state index in [1.54, 1.807) is 36.4 Å². The van der Waals surface area contributed by atoms with Crippen molar-refractivity contribution in [2.45, 2.75) is 13.0 Å². The van der Waals surface area contributed by atoms with Gasteiger partial charge in [0.2, 0.25) is 5.95 Å². The first-order chi connectivity index (χ1) is 18.4. The van der Waals surface area contributed by atoms with Gasteiger partial charge in [-0.2, -0.15) is 10.4 Å². The first-order valence-electron chi connectivity index (χ1n) is 11.7. The predicted molar refractivity (Wildman–Crippen MR) is 141 cm³/mol. The fourth-order valence-electron chi connectivity index (χ4n) is 4.56. The number of nitriles is 1. The monoisotopic (exact) mass is 524 g/mol. The van der Waals surface area contributed by atoms with Crippen molar-refractivity contribution in [1.82, 2.24) is 24.7 Å². The van der Waals surface area contributed by atoms with Crippen LogP contribution in [0.2, 0.25) is 0 Å². The summed E-state index contributed by atoms with van der Waals surface area (Å²) in [6.45, 7) is 1.17. The molecule has 38 heavy (non-hydrogen) atoms. The van der Waals surface area contributed by atoms with Crippen molar-refractivity contribution in [1.29, 1.82) is 5.26 Å². The molecule has 0 aliphatic carbocycles. The van der Waals surface area contributed by atoms with E-state index in [2.05, 4.69) is 31.4 Å². The van der Waals surface area contributed by atoms with E-state index in [0.717, 1.165) is 32.5 Å². The van der Waals surface area contributed by atoms with Crippen LogP contribution in [0, 0.1) is 11.3 Å². The number of rotatable bonds is 5. The van der Waals surface area contributed by atoms with Crippen molar-refractivity contribution in [3.8, 4) is 17.2 Å². The Morgan fingerprint density at radius 1 is 1.18 bits per heavy atom. The molecule has 4 aromatic heterocycles. The summed E-state index contributed by atoms with van der Waals surface area (Å²) in [7, 11) is 1.74. The fraction of sp³-hybridized carbons (Fsp3) is 0.154. The SMILES string of the molecule is Cn1cc(C(=O)Nc2sc3c(c2C#N)CCN(c2ncc(-c4ccc5[nH]c(C(=O)O)cc5c4)cn2)C3)cn1. The lowest BCUT2D eigenvalue weighted by Crippen LogP contribution is -2.31. The van der Waals surface area contributed by atoms with E-state index in [1.807, 2.05) is 23.1 Å². The van der Waals surface area contributed by atoms with Gasteiger partial charge in [0.15, 0.2) is 0 Å².